The smallest absolute Gasteiger partial charge is 0.269 e. The number of aromatic nitrogens is 4. The number of halogens is 1. The molecule has 0 saturated heterocycles. The summed E-state index contributed by atoms with van der Waals surface area (Å²) >= 11 is 2.11. The van der Waals surface area contributed by atoms with Crippen LogP contribution in [0.4, 0.5) is 11.8 Å². The van der Waals surface area contributed by atoms with E-state index in [1.165, 1.54) is 3.97 Å². The summed E-state index contributed by atoms with van der Waals surface area (Å²) in [5.74, 6) is 1.49. The maximum Gasteiger partial charge on any atom is 0.269 e. The van der Waals surface area contributed by atoms with Crippen molar-refractivity contribution in [3.8, 4) is 5.75 Å². The number of nitrogens with zero attached hydrogens (tertiary/aromatic N) is 4. The van der Waals surface area contributed by atoms with Crippen molar-refractivity contribution >= 4 is 63.7 Å². The van der Waals surface area contributed by atoms with Gasteiger partial charge in [0, 0.05) is 29.1 Å². The van der Waals surface area contributed by atoms with Crippen LogP contribution in [0.15, 0.2) is 53.7 Å². The highest BCUT2D eigenvalue weighted by molar-refractivity contribution is 14.1. The quantitative estimate of drug-likeness (QED) is 0.109. The van der Waals surface area contributed by atoms with Gasteiger partial charge in [-0.15, -0.1) is 0 Å². The first-order chi connectivity index (χ1) is 19.2. The Bertz CT molecular complexity index is 1640. The lowest BCUT2D eigenvalue weighted by Gasteiger charge is -2.36. The Labute approximate surface area is 256 Å². The van der Waals surface area contributed by atoms with E-state index >= 15 is 0 Å². The molecule has 0 spiro atoms. The SMILES string of the molecule is CNc1nc(NCc2cc(OCCO[Si](C)(C)C(C)(C)C)ccn2)c2c(I)cn(S(=O)(=O)c3ccc(C)cc3)c2n1. The summed E-state index contributed by atoms with van der Waals surface area (Å²) in [6.45, 7) is 14.3. The molecular weight excluding hydrogens is 671 g/mol. The van der Waals surface area contributed by atoms with E-state index in [1.54, 1.807) is 43.7 Å². The fourth-order valence-corrected chi connectivity index (χ4v) is 7.10. The molecule has 4 aromatic rings. The van der Waals surface area contributed by atoms with Crippen molar-refractivity contribution in [2.24, 2.45) is 0 Å². The van der Waals surface area contributed by atoms with E-state index in [0.29, 0.717) is 46.2 Å². The average Bonchev–Trinajstić information content (AvgIpc) is 3.26. The van der Waals surface area contributed by atoms with Gasteiger partial charge in [-0.1, -0.05) is 38.5 Å². The lowest BCUT2D eigenvalue weighted by Crippen LogP contribution is -2.41. The number of fused-ring (bicyclic) bond motifs is 1. The van der Waals surface area contributed by atoms with Gasteiger partial charge >= 0.3 is 0 Å². The zero-order chi connectivity index (χ0) is 30.0. The second-order valence-corrected chi connectivity index (χ2v) is 19.0. The first kappa shape index (κ1) is 31.2. The number of benzene rings is 1. The van der Waals surface area contributed by atoms with Crippen LogP contribution in [-0.2, 0) is 21.0 Å². The molecule has 0 aliphatic heterocycles. The maximum atomic E-state index is 13.5. The second kappa shape index (κ2) is 12.2. The first-order valence-electron chi connectivity index (χ1n) is 13.3. The average molecular weight is 709 g/mol. The molecule has 0 unspecified atom stereocenters. The third-order valence-electron chi connectivity index (χ3n) is 7.22. The fourth-order valence-electron chi connectivity index (χ4n) is 3.79. The number of pyridine rings is 1. The van der Waals surface area contributed by atoms with E-state index < -0.39 is 18.3 Å². The van der Waals surface area contributed by atoms with Crippen LogP contribution < -0.4 is 15.4 Å². The molecule has 1 aromatic carbocycles. The Morgan fingerprint density at radius 2 is 1.78 bits per heavy atom. The number of ether oxygens (including phenoxy) is 1. The van der Waals surface area contributed by atoms with Crippen LogP contribution in [0.5, 0.6) is 5.75 Å². The van der Waals surface area contributed by atoms with Gasteiger partial charge in [-0.2, -0.15) is 9.97 Å². The molecule has 0 radical (unpaired) electrons. The van der Waals surface area contributed by atoms with E-state index in [-0.39, 0.29) is 15.6 Å². The van der Waals surface area contributed by atoms with E-state index in [9.17, 15) is 8.42 Å². The Morgan fingerprint density at radius 1 is 1.07 bits per heavy atom. The van der Waals surface area contributed by atoms with Gasteiger partial charge in [-0.25, -0.2) is 12.4 Å². The van der Waals surface area contributed by atoms with E-state index in [1.807, 2.05) is 19.1 Å². The Hall–Kier alpha value is -2.75. The number of hydrogen-bond acceptors (Lipinski definition) is 9. The Balaban J connectivity index is 1.53. The van der Waals surface area contributed by atoms with Crippen molar-refractivity contribution in [3.05, 3.63) is 63.6 Å². The van der Waals surface area contributed by atoms with Crippen molar-refractivity contribution in [1.82, 2.24) is 18.9 Å². The molecule has 0 amide bonds. The highest BCUT2D eigenvalue weighted by Crippen LogP contribution is 2.36. The molecule has 0 saturated carbocycles. The highest BCUT2D eigenvalue weighted by Gasteiger charge is 2.37. The first-order valence-corrected chi connectivity index (χ1v) is 18.7. The van der Waals surface area contributed by atoms with Gasteiger partial charge in [0.1, 0.15) is 18.2 Å². The predicted octanol–water partition coefficient (Wildman–Crippen LogP) is 6.03. The van der Waals surface area contributed by atoms with E-state index in [4.69, 9.17) is 9.16 Å². The fraction of sp³-hybridized carbons (Fsp3) is 0.393. The van der Waals surface area contributed by atoms with Gasteiger partial charge in [0.15, 0.2) is 14.0 Å². The van der Waals surface area contributed by atoms with Crippen LogP contribution in [0.3, 0.4) is 0 Å². The molecule has 220 valence electrons. The zero-order valence-corrected chi connectivity index (χ0v) is 28.4. The Morgan fingerprint density at radius 3 is 2.44 bits per heavy atom. The van der Waals surface area contributed by atoms with Crippen molar-refractivity contribution in [1.29, 1.82) is 0 Å². The van der Waals surface area contributed by atoms with E-state index in [0.717, 1.165) is 11.3 Å². The van der Waals surface area contributed by atoms with Gasteiger partial charge < -0.3 is 19.8 Å². The van der Waals surface area contributed by atoms with Crippen molar-refractivity contribution in [2.75, 3.05) is 30.9 Å². The molecule has 0 atom stereocenters. The van der Waals surface area contributed by atoms with Gasteiger partial charge in [-0.05, 0) is 65.8 Å². The third kappa shape index (κ3) is 7.01. The van der Waals surface area contributed by atoms with Crippen molar-refractivity contribution in [2.45, 2.75) is 57.3 Å². The molecule has 0 fully saturated rings. The molecular formula is C28H37IN6O4SSi. The number of rotatable bonds is 11. The summed E-state index contributed by atoms with van der Waals surface area (Å²) in [7, 11) is -4.02. The minimum Gasteiger partial charge on any atom is -0.491 e. The van der Waals surface area contributed by atoms with Crippen LogP contribution in [0.2, 0.25) is 18.1 Å². The molecule has 0 aliphatic rings. The van der Waals surface area contributed by atoms with Crippen molar-refractivity contribution < 1.29 is 17.6 Å². The lowest BCUT2D eigenvalue weighted by molar-refractivity contribution is 0.203. The molecule has 4 rings (SSSR count). The summed E-state index contributed by atoms with van der Waals surface area (Å²) in [5.41, 5.74) is 2.00. The van der Waals surface area contributed by atoms with Gasteiger partial charge in [0.25, 0.3) is 10.0 Å². The summed E-state index contributed by atoms with van der Waals surface area (Å²) in [6, 6.07) is 10.4. The molecule has 3 aromatic heterocycles. The molecule has 0 aliphatic carbocycles. The zero-order valence-electron chi connectivity index (χ0n) is 24.4. The summed E-state index contributed by atoms with van der Waals surface area (Å²) < 4.78 is 41.1. The van der Waals surface area contributed by atoms with Gasteiger partial charge in [0.2, 0.25) is 5.95 Å². The third-order valence-corrected chi connectivity index (χ3v) is 14.2. The largest absolute Gasteiger partial charge is 0.491 e. The molecule has 10 nitrogen and oxygen atoms in total. The van der Waals surface area contributed by atoms with Crippen LogP contribution in [0.25, 0.3) is 11.0 Å². The highest BCUT2D eigenvalue weighted by atomic mass is 127. The van der Waals surface area contributed by atoms with Crippen LogP contribution in [-0.4, -0.2) is 55.9 Å². The molecule has 3 heterocycles. The Kier molecular flexibility index (Phi) is 9.31. The monoisotopic (exact) mass is 708 g/mol. The van der Waals surface area contributed by atoms with Gasteiger partial charge in [-0.3, -0.25) is 4.98 Å². The topological polar surface area (TPSA) is 120 Å². The molecule has 0 bridgehead atoms. The molecule has 2 N–H and O–H groups in total. The predicted molar refractivity (Wildman–Crippen MR) is 174 cm³/mol. The number of nitrogens with one attached hydrogen (secondary N) is 2. The lowest BCUT2D eigenvalue weighted by atomic mass is 10.2. The molecule has 41 heavy (non-hydrogen) atoms. The number of aryl methyl sites for hydroxylation is 1. The van der Waals surface area contributed by atoms with Crippen LogP contribution in [0.1, 0.15) is 32.0 Å². The van der Waals surface area contributed by atoms with Crippen LogP contribution >= 0.6 is 22.6 Å². The molecule has 13 heteroatoms. The minimum atomic E-state index is -3.88. The number of hydrogen-bond donors (Lipinski definition) is 2. The van der Waals surface area contributed by atoms with Crippen LogP contribution in [0, 0.1) is 10.5 Å². The normalized spacial score (nSPS) is 12.5. The van der Waals surface area contributed by atoms with Crippen molar-refractivity contribution in [3.63, 3.8) is 0 Å². The summed E-state index contributed by atoms with van der Waals surface area (Å²) in [4.78, 5) is 13.7. The number of anilines is 2. The minimum absolute atomic E-state index is 0.145. The standard InChI is InChI=1S/C28H37IN6O4SSi/c1-19-8-10-22(11-9-19)40(36,37)35-18-23(29)24-25(33-27(30-5)34-26(24)35)32-17-20-16-21(12-13-31-20)38-14-15-39-41(6,7)28(2,3)4/h8-13,16,18H,14-15,17H2,1-7H3,(H2,30,32,33,34). The summed E-state index contributed by atoms with van der Waals surface area (Å²) in [6.07, 6.45) is 3.27. The van der Waals surface area contributed by atoms with E-state index in [2.05, 4.69) is 82.0 Å². The maximum absolute atomic E-state index is 13.5. The summed E-state index contributed by atoms with van der Waals surface area (Å²) in [5, 5.41) is 7.01. The second-order valence-electron chi connectivity index (χ2n) is 11.2. The van der Waals surface area contributed by atoms with Gasteiger partial charge in [0.05, 0.1) is 29.1 Å².